The van der Waals surface area contributed by atoms with Crippen LogP contribution in [0.3, 0.4) is 0 Å². The molecule has 10 heteroatoms. The minimum Gasteiger partial charge on any atom is -0.452 e. The van der Waals surface area contributed by atoms with Crippen molar-refractivity contribution in [3.05, 3.63) is 58.6 Å². The molecule has 0 saturated carbocycles. The Balaban J connectivity index is 1.54. The lowest BCUT2D eigenvalue weighted by molar-refractivity contribution is -0.119. The zero-order chi connectivity index (χ0) is 20.9. The average Bonchev–Trinajstić information content (AvgIpc) is 2.73. The fraction of sp³-hybridized carbons (Fsp3) is 0.263. The molecule has 1 heterocycles. The van der Waals surface area contributed by atoms with E-state index >= 15 is 0 Å². The van der Waals surface area contributed by atoms with Crippen molar-refractivity contribution in [1.29, 1.82) is 0 Å². The first-order chi connectivity index (χ1) is 13.9. The fourth-order valence-corrected chi connectivity index (χ4v) is 4.32. The third kappa shape index (κ3) is 5.63. The highest BCUT2D eigenvalue weighted by atomic mass is 79.9. The summed E-state index contributed by atoms with van der Waals surface area (Å²) in [4.78, 5) is 24.1. The molecule has 0 bridgehead atoms. The number of morpholine rings is 1. The molecule has 0 aromatic heterocycles. The maximum atomic E-state index is 12.6. The summed E-state index contributed by atoms with van der Waals surface area (Å²) < 4.78 is 37.5. The van der Waals surface area contributed by atoms with Gasteiger partial charge in [-0.3, -0.25) is 4.79 Å². The maximum absolute atomic E-state index is 12.6. The van der Waals surface area contributed by atoms with E-state index in [2.05, 4.69) is 21.2 Å². The molecule has 1 N–H and O–H groups in total. The number of halogens is 1. The summed E-state index contributed by atoms with van der Waals surface area (Å²) in [7, 11) is -3.59. The predicted molar refractivity (Wildman–Crippen MR) is 109 cm³/mol. The van der Waals surface area contributed by atoms with Crippen LogP contribution in [-0.2, 0) is 24.3 Å². The summed E-state index contributed by atoms with van der Waals surface area (Å²) in [5, 5.41) is 2.56. The van der Waals surface area contributed by atoms with Crippen LogP contribution < -0.4 is 5.32 Å². The van der Waals surface area contributed by atoms with Crippen LogP contribution in [0.4, 0.5) is 5.69 Å². The molecule has 154 valence electrons. The van der Waals surface area contributed by atoms with Gasteiger partial charge in [-0.15, -0.1) is 0 Å². The number of benzene rings is 2. The molecule has 2 aromatic carbocycles. The lowest BCUT2D eigenvalue weighted by atomic mass is 10.2. The molecule has 0 spiro atoms. The zero-order valence-corrected chi connectivity index (χ0v) is 17.7. The van der Waals surface area contributed by atoms with Gasteiger partial charge in [0.05, 0.1) is 23.7 Å². The molecule has 0 radical (unpaired) electrons. The zero-order valence-electron chi connectivity index (χ0n) is 15.3. The van der Waals surface area contributed by atoms with Crippen molar-refractivity contribution in [1.82, 2.24) is 4.31 Å². The van der Waals surface area contributed by atoms with E-state index < -0.39 is 28.5 Å². The molecule has 1 aliphatic heterocycles. The van der Waals surface area contributed by atoms with E-state index in [1.807, 2.05) is 0 Å². The van der Waals surface area contributed by atoms with Gasteiger partial charge in [0.25, 0.3) is 5.91 Å². The molecule has 3 rings (SSSR count). The maximum Gasteiger partial charge on any atom is 0.338 e. The first-order valence-electron chi connectivity index (χ1n) is 8.77. The van der Waals surface area contributed by atoms with E-state index in [0.717, 1.165) is 4.47 Å². The predicted octanol–water partition coefficient (Wildman–Crippen LogP) is 2.27. The molecule has 8 nitrogen and oxygen atoms in total. The highest BCUT2D eigenvalue weighted by molar-refractivity contribution is 9.10. The topological polar surface area (TPSA) is 102 Å². The Bertz CT molecular complexity index is 971. The van der Waals surface area contributed by atoms with Crippen LogP contribution in [-0.4, -0.2) is 57.5 Å². The van der Waals surface area contributed by atoms with Crippen molar-refractivity contribution in [2.45, 2.75) is 4.90 Å². The number of ether oxygens (including phenoxy) is 2. The van der Waals surface area contributed by atoms with Crippen molar-refractivity contribution in [3.63, 3.8) is 0 Å². The van der Waals surface area contributed by atoms with E-state index in [1.54, 1.807) is 24.3 Å². The Morgan fingerprint density at radius 1 is 1.03 bits per heavy atom. The lowest BCUT2D eigenvalue weighted by Gasteiger charge is -2.26. The van der Waals surface area contributed by atoms with Crippen molar-refractivity contribution >= 4 is 43.5 Å². The van der Waals surface area contributed by atoms with E-state index in [1.165, 1.54) is 28.6 Å². The number of nitrogens with one attached hydrogen (secondary N) is 1. The molecule has 0 atom stereocenters. The second-order valence-corrected chi connectivity index (χ2v) is 9.03. The molecule has 0 aliphatic carbocycles. The third-order valence-corrected chi connectivity index (χ3v) is 6.60. The average molecular weight is 483 g/mol. The molecular formula is C19H19BrN2O6S. The van der Waals surface area contributed by atoms with Crippen LogP contribution >= 0.6 is 15.9 Å². The van der Waals surface area contributed by atoms with Crippen molar-refractivity contribution in [2.24, 2.45) is 0 Å². The van der Waals surface area contributed by atoms with Crippen LogP contribution in [0.2, 0.25) is 0 Å². The molecule has 29 heavy (non-hydrogen) atoms. The smallest absolute Gasteiger partial charge is 0.338 e. The molecule has 1 fully saturated rings. The Morgan fingerprint density at radius 2 is 1.66 bits per heavy atom. The van der Waals surface area contributed by atoms with Crippen LogP contribution in [0, 0.1) is 0 Å². The molecule has 0 unspecified atom stereocenters. The summed E-state index contributed by atoms with van der Waals surface area (Å²) in [6.45, 7) is 0.899. The summed E-state index contributed by atoms with van der Waals surface area (Å²) in [5.74, 6) is -1.14. The Kier molecular flexibility index (Phi) is 7.01. The van der Waals surface area contributed by atoms with Crippen molar-refractivity contribution < 1.29 is 27.5 Å². The van der Waals surface area contributed by atoms with Gasteiger partial charge in [-0.05, 0) is 48.5 Å². The van der Waals surface area contributed by atoms with Crippen molar-refractivity contribution in [3.8, 4) is 0 Å². The number of sulfonamides is 1. The van der Waals surface area contributed by atoms with E-state index in [4.69, 9.17) is 9.47 Å². The number of amides is 1. The fourth-order valence-electron chi connectivity index (χ4n) is 2.64. The van der Waals surface area contributed by atoms with Gasteiger partial charge in [-0.25, -0.2) is 13.2 Å². The molecule has 2 aromatic rings. The number of nitrogens with zero attached hydrogens (tertiary/aromatic N) is 1. The number of carbonyl (C=O) groups is 2. The number of hydrogen-bond acceptors (Lipinski definition) is 6. The van der Waals surface area contributed by atoms with Crippen molar-refractivity contribution in [2.75, 3.05) is 38.2 Å². The highest BCUT2D eigenvalue weighted by Crippen LogP contribution is 2.19. The summed E-state index contributed by atoms with van der Waals surface area (Å²) >= 11 is 3.27. The number of rotatable bonds is 6. The monoisotopic (exact) mass is 482 g/mol. The largest absolute Gasteiger partial charge is 0.452 e. The van der Waals surface area contributed by atoms with Gasteiger partial charge in [0.2, 0.25) is 10.0 Å². The van der Waals surface area contributed by atoms with Crippen LogP contribution in [0.25, 0.3) is 0 Å². The molecule has 1 amide bonds. The van der Waals surface area contributed by atoms with E-state index in [9.17, 15) is 18.0 Å². The number of hydrogen-bond donors (Lipinski definition) is 1. The number of carbonyl (C=O) groups excluding carboxylic acids is 2. The first kappa shape index (κ1) is 21.4. The van der Waals surface area contributed by atoms with Gasteiger partial charge in [0, 0.05) is 23.2 Å². The van der Waals surface area contributed by atoms with Crippen LogP contribution in [0.15, 0.2) is 57.9 Å². The first-order valence-corrected chi connectivity index (χ1v) is 11.0. The second kappa shape index (κ2) is 9.49. The minimum absolute atomic E-state index is 0.138. The summed E-state index contributed by atoms with van der Waals surface area (Å²) in [6, 6.07) is 12.4. The SMILES string of the molecule is O=C(COC(=O)c1ccc(Br)cc1)Nc1ccc(S(=O)(=O)N2CCOCC2)cc1. The van der Waals surface area contributed by atoms with Gasteiger partial charge >= 0.3 is 5.97 Å². The van der Waals surface area contributed by atoms with Gasteiger partial charge < -0.3 is 14.8 Å². The number of anilines is 1. The van der Waals surface area contributed by atoms with E-state index in [0.29, 0.717) is 37.6 Å². The molecular weight excluding hydrogens is 464 g/mol. The second-order valence-electron chi connectivity index (χ2n) is 6.17. The number of esters is 1. The third-order valence-electron chi connectivity index (χ3n) is 4.16. The molecule has 1 aliphatic rings. The van der Waals surface area contributed by atoms with Gasteiger partial charge in [-0.2, -0.15) is 4.31 Å². The lowest BCUT2D eigenvalue weighted by Crippen LogP contribution is -2.40. The minimum atomic E-state index is -3.59. The van der Waals surface area contributed by atoms with E-state index in [-0.39, 0.29) is 4.90 Å². The van der Waals surface area contributed by atoms with Crippen LogP contribution in [0.1, 0.15) is 10.4 Å². The molecule has 1 saturated heterocycles. The Hall–Kier alpha value is -2.27. The quantitative estimate of drug-likeness (QED) is 0.633. The summed E-state index contributed by atoms with van der Waals surface area (Å²) in [6.07, 6.45) is 0. The highest BCUT2D eigenvalue weighted by Gasteiger charge is 2.26. The van der Waals surface area contributed by atoms with Gasteiger partial charge in [0.1, 0.15) is 0 Å². The summed E-state index contributed by atoms with van der Waals surface area (Å²) in [5.41, 5.74) is 0.731. The standard InChI is InChI=1S/C19H19BrN2O6S/c20-15-3-1-14(2-4-15)19(24)28-13-18(23)21-16-5-7-17(8-6-16)29(25,26)22-9-11-27-12-10-22/h1-8H,9-13H2,(H,21,23). The van der Waals surface area contributed by atoms with Gasteiger partial charge in [0.15, 0.2) is 6.61 Å². The van der Waals surface area contributed by atoms with Gasteiger partial charge in [-0.1, -0.05) is 15.9 Å². The Morgan fingerprint density at radius 3 is 2.28 bits per heavy atom. The normalized spacial score (nSPS) is 14.9. The Labute approximate surface area is 177 Å². The van der Waals surface area contributed by atoms with Crippen LogP contribution in [0.5, 0.6) is 0 Å².